The van der Waals surface area contributed by atoms with Crippen molar-refractivity contribution >= 4 is 40.5 Å². The fraction of sp³-hybridized carbons (Fsp3) is 0. The molecular formula is C15H11N5O6S. The molecule has 0 heterocycles. The maximum Gasteiger partial charge on any atom is 0.282 e. The number of hydrogen-bond acceptors (Lipinski definition) is 7. The van der Waals surface area contributed by atoms with Crippen molar-refractivity contribution in [1.29, 1.82) is 0 Å². The van der Waals surface area contributed by atoms with Crippen LogP contribution in [0.2, 0.25) is 0 Å². The molecule has 0 aliphatic rings. The molecule has 0 spiro atoms. The number of rotatable bonds is 4. The minimum atomic E-state index is -0.839. The number of nitrogens with zero attached hydrogens (tertiary/aromatic N) is 2. The van der Waals surface area contributed by atoms with Crippen LogP contribution < -0.4 is 16.2 Å². The molecule has 2 aromatic carbocycles. The number of benzene rings is 2. The van der Waals surface area contributed by atoms with Gasteiger partial charge in [-0.2, -0.15) is 0 Å². The molecule has 0 aliphatic carbocycles. The number of thiocarbonyl (C=S) groups is 1. The third-order valence-corrected chi connectivity index (χ3v) is 3.39. The van der Waals surface area contributed by atoms with Crippen molar-refractivity contribution < 1.29 is 19.4 Å². The van der Waals surface area contributed by atoms with Gasteiger partial charge in [0.1, 0.15) is 5.56 Å². The van der Waals surface area contributed by atoms with Gasteiger partial charge in [-0.3, -0.25) is 46.0 Å². The average molecular weight is 389 g/mol. The standard InChI is InChI=1S/C15H11N5O6S/c21-13(9-4-3-5-10(8-9)19(23)24)16-15(27)18-17-14(22)11-6-1-2-7-12(11)20(25)26/h1-8H,(H,17,22)(H2,16,18,21,27). The van der Waals surface area contributed by atoms with Gasteiger partial charge in [0.15, 0.2) is 5.11 Å². The number of carbonyl (C=O) groups is 2. The first kappa shape index (κ1) is 19.4. The number of nitrogens with one attached hydrogen (secondary N) is 3. The van der Waals surface area contributed by atoms with E-state index in [1.54, 1.807) is 0 Å². The lowest BCUT2D eigenvalue weighted by Crippen LogP contribution is -2.48. The van der Waals surface area contributed by atoms with Gasteiger partial charge in [0.25, 0.3) is 23.2 Å². The van der Waals surface area contributed by atoms with Gasteiger partial charge in [-0.15, -0.1) is 0 Å². The smallest absolute Gasteiger partial charge is 0.282 e. The summed E-state index contributed by atoms with van der Waals surface area (Å²) in [4.78, 5) is 44.3. The summed E-state index contributed by atoms with van der Waals surface area (Å²) >= 11 is 4.84. The number of hydrazine groups is 1. The predicted molar refractivity (Wildman–Crippen MR) is 96.9 cm³/mol. The molecule has 0 aromatic heterocycles. The van der Waals surface area contributed by atoms with E-state index >= 15 is 0 Å². The Kier molecular flexibility index (Phi) is 6.06. The Hall–Kier alpha value is -3.93. The zero-order valence-corrected chi connectivity index (χ0v) is 14.2. The van der Waals surface area contributed by atoms with Crippen LogP contribution >= 0.6 is 12.2 Å². The van der Waals surface area contributed by atoms with Gasteiger partial charge >= 0.3 is 0 Å². The van der Waals surface area contributed by atoms with Gasteiger partial charge < -0.3 is 0 Å². The molecule has 2 rings (SSSR count). The average Bonchev–Trinajstić information content (AvgIpc) is 2.66. The number of hydrogen-bond donors (Lipinski definition) is 3. The van der Waals surface area contributed by atoms with Gasteiger partial charge in [-0.1, -0.05) is 18.2 Å². The lowest BCUT2D eigenvalue weighted by molar-refractivity contribution is -0.385. The molecule has 138 valence electrons. The first-order valence-corrected chi connectivity index (χ1v) is 7.60. The first-order valence-electron chi connectivity index (χ1n) is 7.19. The van der Waals surface area contributed by atoms with Gasteiger partial charge in [-0.05, 0) is 24.4 Å². The van der Waals surface area contributed by atoms with E-state index in [0.29, 0.717) is 0 Å². The van der Waals surface area contributed by atoms with Crippen LogP contribution in [0.5, 0.6) is 0 Å². The highest BCUT2D eigenvalue weighted by Crippen LogP contribution is 2.17. The molecular weight excluding hydrogens is 378 g/mol. The second-order valence-electron chi connectivity index (χ2n) is 4.94. The maximum atomic E-state index is 12.0. The van der Waals surface area contributed by atoms with E-state index in [9.17, 15) is 29.8 Å². The zero-order chi connectivity index (χ0) is 20.0. The van der Waals surface area contributed by atoms with Crippen LogP contribution in [-0.2, 0) is 0 Å². The fourth-order valence-corrected chi connectivity index (χ4v) is 2.12. The lowest BCUT2D eigenvalue weighted by atomic mass is 10.2. The Labute approximate surface area is 156 Å². The van der Waals surface area contributed by atoms with Gasteiger partial charge in [0.05, 0.1) is 9.85 Å². The summed E-state index contributed by atoms with van der Waals surface area (Å²) in [6, 6.07) is 10.2. The molecule has 2 aromatic rings. The van der Waals surface area contributed by atoms with E-state index in [2.05, 4.69) is 16.2 Å². The second-order valence-corrected chi connectivity index (χ2v) is 5.35. The molecule has 0 saturated heterocycles. The Morgan fingerprint density at radius 1 is 0.889 bits per heavy atom. The first-order chi connectivity index (χ1) is 12.8. The summed E-state index contributed by atoms with van der Waals surface area (Å²) in [5, 5.41) is 23.6. The number of amides is 2. The molecule has 0 bridgehead atoms. The zero-order valence-electron chi connectivity index (χ0n) is 13.4. The van der Waals surface area contributed by atoms with E-state index in [0.717, 1.165) is 12.1 Å². The molecule has 0 radical (unpaired) electrons. The van der Waals surface area contributed by atoms with Crippen molar-refractivity contribution in [3.05, 3.63) is 79.9 Å². The minimum absolute atomic E-state index is 0.0154. The summed E-state index contributed by atoms with van der Waals surface area (Å²) in [7, 11) is 0. The van der Waals surface area contributed by atoms with Crippen LogP contribution in [0.1, 0.15) is 20.7 Å². The second kappa shape index (κ2) is 8.44. The normalized spacial score (nSPS) is 9.78. The van der Waals surface area contributed by atoms with E-state index in [1.165, 1.54) is 36.4 Å². The van der Waals surface area contributed by atoms with Crippen LogP contribution in [-0.4, -0.2) is 26.8 Å². The topological polar surface area (TPSA) is 157 Å². The largest absolute Gasteiger partial charge is 0.298 e. The van der Waals surface area contributed by atoms with Gasteiger partial charge in [0, 0.05) is 23.8 Å². The summed E-state index contributed by atoms with van der Waals surface area (Å²) in [6.07, 6.45) is 0. The third kappa shape index (κ3) is 5.02. The Balaban J connectivity index is 1.97. The van der Waals surface area contributed by atoms with Crippen LogP contribution in [0, 0.1) is 20.2 Å². The fourth-order valence-electron chi connectivity index (χ4n) is 1.97. The summed E-state index contributed by atoms with van der Waals surface area (Å²) < 4.78 is 0. The predicted octanol–water partition coefficient (Wildman–Crippen LogP) is 1.45. The van der Waals surface area contributed by atoms with Crippen molar-refractivity contribution in [2.75, 3.05) is 0 Å². The quantitative estimate of drug-likeness (QED) is 0.403. The number of nitro benzene ring substituents is 2. The highest BCUT2D eigenvalue weighted by molar-refractivity contribution is 7.80. The van der Waals surface area contributed by atoms with Crippen molar-refractivity contribution in [3.8, 4) is 0 Å². The monoisotopic (exact) mass is 389 g/mol. The number of para-hydroxylation sites is 1. The lowest BCUT2D eigenvalue weighted by Gasteiger charge is -2.11. The number of non-ortho nitro benzene ring substituents is 1. The van der Waals surface area contributed by atoms with Crippen LogP contribution in [0.25, 0.3) is 0 Å². The van der Waals surface area contributed by atoms with Crippen LogP contribution in [0.4, 0.5) is 11.4 Å². The van der Waals surface area contributed by atoms with E-state index < -0.39 is 27.3 Å². The third-order valence-electron chi connectivity index (χ3n) is 3.18. The summed E-state index contributed by atoms with van der Waals surface area (Å²) in [5.74, 6) is -1.58. The number of nitro groups is 2. The van der Waals surface area contributed by atoms with Gasteiger partial charge in [-0.25, -0.2) is 0 Å². The van der Waals surface area contributed by atoms with Crippen molar-refractivity contribution in [2.45, 2.75) is 0 Å². The molecule has 12 heteroatoms. The van der Waals surface area contributed by atoms with E-state index in [4.69, 9.17) is 12.2 Å². The maximum absolute atomic E-state index is 12.0. The molecule has 0 fully saturated rings. The minimum Gasteiger partial charge on any atom is -0.298 e. The van der Waals surface area contributed by atoms with Crippen LogP contribution in [0.15, 0.2) is 48.5 Å². The SMILES string of the molecule is O=C(NC(=S)NNC(=O)c1ccccc1[N+](=O)[O-])c1cccc([N+](=O)[O-])c1. The van der Waals surface area contributed by atoms with Crippen LogP contribution in [0.3, 0.4) is 0 Å². The molecule has 27 heavy (non-hydrogen) atoms. The highest BCUT2D eigenvalue weighted by atomic mass is 32.1. The Morgan fingerprint density at radius 2 is 1.59 bits per heavy atom. The van der Waals surface area contributed by atoms with Crippen molar-refractivity contribution in [3.63, 3.8) is 0 Å². The molecule has 11 nitrogen and oxygen atoms in total. The van der Waals surface area contributed by atoms with E-state index in [1.807, 2.05) is 0 Å². The van der Waals surface area contributed by atoms with Crippen molar-refractivity contribution in [1.82, 2.24) is 16.2 Å². The summed E-state index contributed by atoms with van der Waals surface area (Å²) in [6.45, 7) is 0. The molecule has 3 N–H and O–H groups in total. The molecule has 0 unspecified atom stereocenters. The summed E-state index contributed by atoms with van der Waals surface area (Å²) in [5.41, 5.74) is 3.46. The van der Waals surface area contributed by atoms with Crippen molar-refractivity contribution in [2.24, 2.45) is 0 Å². The van der Waals surface area contributed by atoms with E-state index in [-0.39, 0.29) is 21.9 Å². The Morgan fingerprint density at radius 3 is 2.26 bits per heavy atom. The highest BCUT2D eigenvalue weighted by Gasteiger charge is 2.19. The Bertz CT molecular complexity index is 948. The van der Waals surface area contributed by atoms with Gasteiger partial charge in [0.2, 0.25) is 0 Å². The number of carbonyl (C=O) groups excluding carboxylic acids is 2. The molecule has 2 amide bonds. The molecule has 0 aliphatic heterocycles. The molecule has 0 saturated carbocycles. The molecule has 0 atom stereocenters.